The Morgan fingerprint density at radius 3 is 2.62 bits per heavy atom. The first-order valence-corrected chi connectivity index (χ1v) is 11.0. The van der Waals surface area contributed by atoms with E-state index in [0.29, 0.717) is 24.6 Å². The minimum absolute atomic E-state index is 0.0132. The number of carbonyl (C=O) groups is 2. The van der Waals surface area contributed by atoms with Crippen LogP contribution in [0.25, 0.3) is 0 Å². The number of nitrogens with zero attached hydrogens (tertiary/aromatic N) is 5. The van der Waals surface area contributed by atoms with Gasteiger partial charge in [-0.25, -0.2) is 9.97 Å². The first kappa shape index (κ1) is 20.3. The van der Waals surface area contributed by atoms with Gasteiger partial charge in [-0.2, -0.15) is 5.11 Å². The van der Waals surface area contributed by atoms with Crippen LogP contribution >= 0.6 is 0 Å². The number of anilines is 1. The van der Waals surface area contributed by atoms with Gasteiger partial charge in [-0.15, -0.1) is 0 Å². The summed E-state index contributed by atoms with van der Waals surface area (Å²) in [5.41, 5.74) is 6.04. The van der Waals surface area contributed by atoms with Crippen molar-refractivity contribution in [1.29, 1.82) is 0 Å². The van der Waals surface area contributed by atoms with Crippen molar-refractivity contribution < 1.29 is 9.59 Å². The summed E-state index contributed by atoms with van der Waals surface area (Å²) in [7, 11) is 0. The Labute approximate surface area is 185 Å². The molecule has 1 aliphatic carbocycles. The molecule has 1 aromatic carbocycles. The number of piperidine rings is 1. The third-order valence-electron chi connectivity index (χ3n) is 6.29. The van der Waals surface area contributed by atoms with Gasteiger partial charge in [-0.1, -0.05) is 29.5 Å². The highest BCUT2D eigenvalue weighted by Crippen LogP contribution is 2.23. The van der Waals surface area contributed by atoms with E-state index in [9.17, 15) is 9.59 Å². The van der Waals surface area contributed by atoms with Crippen LogP contribution in [0.5, 0.6) is 0 Å². The Bertz CT molecular complexity index is 1000. The zero-order valence-corrected chi connectivity index (χ0v) is 17.7. The number of hydrogen-bond donors (Lipinski definition) is 3. The summed E-state index contributed by atoms with van der Waals surface area (Å²) < 4.78 is 0. The zero-order chi connectivity index (χ0) is 21.9. The van der Waals surface area contributed by atoms with Crippen LogP contribution in [0.4, 0.5) is 5.95 Å². The van der Waals surface area contributed by atoms with Crippen LogP contribution in [0.3, 0.4) is 0 Å². The number of benzene rings is 1. The van der Waals surface area contributed by atoms with Gasteiger partial charge in [-0.05, 0) is 30.4 Å². The average Bonchev–Trinajstić information content (AvgIpc) is 3.45. The molecule has 3 heterocycles. The Kier molecular flexibility index (Phi) is 5.66. The van der Waals surface area contributed by atoms with Gasteiger partial charge in [0.05, 0.1) is 11.6 Å². The molecule has 0 saturated carbocycles. The fourth-order valence-electron chi connectivity index (χ4n) is 4.51. The van der Waals surface area contributed by atoms with Gasteiger partial charge >= 0.3 is 0 Å². The van der Waals surface area contributed by atoms with Crippen LogP contribution in [0.2, 0.25) is 0 Å². The third-order valence-corrected chi connectivity index (χ3v) is 6.29. The van der Waals surface area contributed by atoms with Crippen LogP contribution in [-0.2, 0) is 17.6 Å². The van der Waals surface area contributed by atoms with E-state index in [1.54, 1.807) is 4.90 Å². The van der Waals surface area contributed by atoms with E-state index >= 15 is 0 Å². The van der Waals surface area contributed by atoms with Crippen LogP contribution < -0.4 is 16.1 Å². The summed E-state index contributed by atoms with van der Waals surface area (Å²) in [6, 6.07) is 8.93. The van der Waals surface area contributed by atoms with Crippen molar-refractivity contribution in [2.75, 3.05) is 25.0 Å². The molecule has 0 radical (unpaired) electrons. The minimum Gasteiger partial charge on any atom is -0.351 e. The van der Waals surface area contributed by atoms with Crippen LogP contribution in [0, 0.1) is 0 Å². The molecule has 2 unspecified atom stereocenters. The number of rotatable bonds is 6. The first-order chi connectivity index (χ1) is 15.7. The van der Waals surface area contributed by atoms with Gasteiger partial charge in [0, 0.05) is 44.5 Å². The Morgan fingerprint density at radius 1 is 1.12 bits per heavy atom. The Balaban J connectivity index is 1.06. The fourth-order valence-corrected chi connectivity index (χ4v) is 4.51. The van der Waals surface area contributed by atoms with Gasteiger partial charge in [0.2, 0.25) is 11.9 Å². The molecule has 1 fully saturated rings. The Morgan fingerprint density at radius 2 is 1.88 bits per heavy atom. The number of likely N-dealkylation sites (tertiary alicyclic amines) is 1. The lowest BCUT2D eigenvalue weighted by Gasteiger charge is -2.32. The molecule has 2 aromatic rings. The van der Waals surface area contributed by atoms with Crippen molar-refractivity contribution in [3.8, 4) is 0 Å². The van der Waals surface area contributed by atoms with E-state index < -0.39 is 0 Å². The van der Waals surface area contributed by atoms with Gasteiger partial charge in [0.25, 0.3) is 5.91 Å². The lowest BCUT2D eigenvalue weighted by atomic mass is 10.0. The van der Waals surface area contributed by atoms with Crippen molar-refractivity contribution in [1.82, 2.24) is 25.6 Å². The van der Waals surface area contributed by atoms with E-state index in [0.717, 1.165) is 19.3 Å². The average molecular weight is 435 g/mol. The maximum absolute atomic E-state index is 12.4. The maximum Gasteiger partial charge on any atom is 0.254 e. The summed E-state index contributed by atoms with van der Waals surface area (Å²) in [6.07, 6.45) is 5.98. The van der Waals surface area contributed by atoms with Crippen molar-refractivity contribution >= 4 is 17.8 Å². The molecule has 1 aromatic heterocycles. The van der Waals surface area contributed by atoms with E-state index in [-0.39, 0.29) is 42.9 Å². The topological polar surface area (TPSA) is 124 Å². The molecule has 3 aliphatic rings. The standard InChI is InChI=1S/C22H26N8O2/c31-20(30-8-6-18-19(13-30)28-29-27-18)5-7-23-21(32)16-11-24-22(25-12-16)26-17-9-14-3-1-2-4-15(14)10-17/h1-4,11-12,17-19H,5-10,13H2,(H,23,32)(H,27,28)(H,24,25,26). The second-order valence-electron chi connectivity index (χ2n) is 8.47. The van der Waals surface area contributed by atoms with Gasteiger partial charge < -0.3 is 15.5 Å². The molecule has 3 N–H and O–H groups in total. The smallest absolute Gasteiger partial charge is 0.254 e. The Hall–Kier alpha value is -3.56. The normalized spacial score (nSPS) is 21.6. The highest BCUT2D eigenvalue weighted by atomic mass is 16.2. The second kappa shape index (κ2) is 8.89. The first-order valence-electron chi connectivity index (χ1n) is 11.0. The van der Waals surface area contributed by atoms with Crippen molar-refractivity contribution in [3.63, 3.8) is 0 Å². The molecule has 0 bridgehead atoms. The van der Waals surface area contributed by atoms with Crippen LogP contribution in [0.15, 0.2) is 47.0 Å². The number of hydrogen-bond acceptors (Lipinski definition) is 8. The highest BCUT2D eigenvalue weighted by Gasteiger charge is 2.34. The van der Waals surface area contributed by atoms with E-state index in [1.807, 2.05) is 0 Å². The maximum atomic E-state index is 12.4. The minimum atomic E-state index is -0.287. The number of carbonyl (C=O) groups excluding carboxylic acids is 2. The van der Waals surface area contributed by atoms with Crippen molar-refractivity contribution in [2.24, 2.45) is 10.3 Å². The largest absolute Gasteiger partial charge is 0.351 e. The molecule has 32 heavy (non-hydrogen) atoms. The molecule has 166 valence electrons. The molecule has 10 heteroatoms. The predicted molar refractivity (Wildman–Crippen MR) is 117 cm³/mol. The van der Waals surface area contributed by atoms with Crippen molar-refractivity contribution in [3.05, 3.63) is 53.3 Å². The number of amides is 2. The number of nitrogens with one attached hydrogen (secondary N) is 3. The van der Waals surface area contributed by atoms with E-state index in [2.05, 4.69) is 60.6 Å². The van der Waals surface area contributed by atoms with E-state index in [1.165, 1.54) is 23.5 Å². The third kappa shape index (κ3) is 4.39. The molecule has 2 atom stereocenters. The summed E-state index contributed by atoms with van der Waals surface area (Å²) >= 11 is 0. The molecule has 1 saturated heterocycles. The molecule has 0 spiro atoms. The predicted octanol–water partition coefficient (Wildman–Crippen LogP) is 1.12. The highest BCUT2D eigenvalue weighted by molar-refractivity contribution is 5.93. The number of fused-ring (bicyclic) bond motifs is 2. The lowest BCUT2D eigenvalue weighted by molar-refractivity contribution is -0.132. The van der Waals surface area contributed by atoms with Crippen molar-refractivity contribution in [2.45, 2.75) is 43.8 Å². The van der Waals surface area contributed by atoms with Gasteiger partial charge in [0.1, 0.15) is 6.04 Å². The van der Waals surface area contributed by atoms with Gasteiger partial charge in [-0.3, -0.25) is 15.0 Å². The second-order valence-corrected chi connectivity index (χ2v) is 8.47. The fraction of sp³-hybridized carbons (Fsp3) is 0.455. The summed E-state index contributed by atoms with van der Waals surface area (Å²) in [5, 5.41) is 14.1. The van der Waals surface area contributed by atoms with Gasteiger partial charge in [0.15, 0.2) is 0 Å². The molecular formula is C22H26N8O2. The summed E-state index contributed by atoms with van der Waals surface area (Å²) in [6.45, 7) is 1.52. The SMILES string of the molecule is O=C(NCCC(=O)N1CCC2NN=NC2C1)c1cnc(NC2Cc3ccccc3C2)nc1. The number of aromatic nitrogens is 2. The van der Waals surface area contributed by atoms with E-state index in [4.69, 9.17) is 0 Å². The quantitative estimate of drug-likeness (QED) is 0.626. The molecule has 5 rings (SSSR count). The lowest BCUT2D eigenvalue weighted by Crippen LogP contribution is -2.50. The zero-order valence-electron chi connectivity index (χ0n) is 17.7. The molecule has 10 nitrogen and oxygen atoms in total. The molecule has 2 aliphatic heterocycles. The molecule has 2 amide bonds. The monoisotopic (exact) mass is 434 g/mol. The summed E-state index contributed by atoms with van der Waals surface area (Å²) in [4.78, 5) is 35.2. The van der Waals surface area contributed by atoms with Crippen LogP contribution in [0.1, 0.15) is 34.3 Å². The molecular weight excluding hydrogens is 408 g/mol. The van der Waals surface area contributed by atoms with Crippen LogP contribution in [-0.4, -0.2) is 64.4 Å². The summed E-state index contributed by atoms with van der Waals surface area (Å²) in [5.74, 6) is 0.237.